The van der Waals surface area contributed by atoms with E-state index in [-0.39, 0.29) is 24.1 Å². The molecule has 160 valence electrons. The van der Waals surface area contributed by atoms with Crippen molar-refractivity contribution in [2.24, 2.45) is 5.92 Å². The van der Waals surface area contributed by atoms with E-state index in [0.717, 1.165) is 0 Å². The van der Waals surface area contributed by atoms with Crippen LogP contribution < -0.4 is 5.32 Å². The van der Waals surface area contributed by atoms with Crippen molar-refractivity contribution < 1.29 is 23.5 Å². The lowest BCUT2D eigenvalue weighted by molar-refractivity contribution is -0.145. The Morgan fingerprint density at radius 2 is 1.77 bits per heavy atom. The number of amides is 1. The van der Waals surface area contributed by atoms with E-state index in [1.165, 1.54) is 50.0 Å². The van der Waals surface area contributed by atoms with Crippen LogP contribution in [0.5, 0.6) is 0 Å². The highest BCUT2D eigenvalue weighted by atomic mass is 16.5. The maximum Gasteiger partial charge on any atom is 0.329 e. The van der Waals surface area contributed by atoms with Crippen molar-refractivity contribution in [3.05, 3.63) is 59.5 Å². The van der Waals surface area contributed by atoms with Crippen LogP contribution >= 0.6 is 0 Å². The molecule has 0 bridgehead atoms. The minimum absolute atomic E-state index is 0.114. The highest BCUT2D eigenvalue weighted by Crippen LogP contribution is 2.32. The van der Waals surface area contributed by atoms with Crippen molar-refractivity contribution in [3.63, 3.8) is 0 Å². The van der Waals surface area contributed by atoms with Gasteiger partial charge in [0.25, 0.3) is 5.91 Å². The Bertz CT molecular complexity index is 848. The predicted octanol–water partition coefficient (Wildman–Crippen LogP) is 4.51. The molecule has 0 saturated heterocycles. The topological polar surface area (TPSA) is 85.6 Å². The maximum atomic E-state index is 12.5. The van der Waals surface area contributed by atoms with Crippen LogP contribution in [0, 0.1) is 5.92 Å². The number of nitrogens with one attached hydrogen (secondary N) is 1. The molecule has 0 spiro atoms. The number of Topliss-reactive ketones (excluding diaryl/α,β-unsaturated/α-hetero) is 1. The van der Waals surface area contributed by atoms with Gasteiger partial charge in [-0.1, -0.05) is 57.4 Å². The molecule has 1 aliphatic carbocycles. The molecule has 6 nitrogen and oxygen atoms in total. The number of carbonyl (C=O) groups excluding carboxylic acids is 3. The Morgan fingerprint density at radius 1 is 1.07 bits per heavy atom. The van der Waals surface area contributed by atoms with Gasteiger partial charge in [-0.05, 0) is 42.4 Å². The Hall–Kier alpha value is -2.89. The van der Waals surface area contributed by atoms with E-state index in [1.54, 1.807) is 32.0 Å². The van der Waals surface area contributed by atoms with Crippen LogP contribution in [0.1, 0.15) is 78.3 Å². The van der Waals surface area contributed by atoms with Crippen LogP contribution in [-0.2, 0) is 9.53 Å². The van der Waals surface area contributed by atoms with Crippen LogP contribution in [0.25, 0.3) is 0 Å². The van der Waals surface area contributed by atoms with Crippen LogP contribution in [0.4, 0.5) is 0 Å². The number of hydrogen-bond donors (Lipinski definition) is 1. The monoisotopic (exact) mass is 411 g/mol. The van der Waals surface area contributed by atoms with Crippen molar-refractivity contribution in [2.75, 3.05) is 6.61 Å². The van der Waals surface area contributed by atoms with Crippen LogP contribution in [0.3, 0.4) is 0 Å². The Morgan fingerprint density at radius 3 is 2.37 bits per heavy atom. The van der Waals surface area contributed by atoms with Crippen molar-refractivity contribution in [1.29, 1.82) is 0 Å². The molecule has 1 atom stereocenters. The van der Waals surface area contributed by atoms with Crippen molar-refractivity contribution in [3.8, 4) is 0 Å². The SMILES string of the molecule is CC(C)C(NC(=O)c1ccco1)C(=O)OCC(=O)c1ccc(C2CCCCC2)cc1. The fourth-order valence-electron chi connectivity index (χ4n) is 3.80. The van der Waals surface area contributed by atoms with Gasteiger partial charge < -0.3 is 14.5 Å². The Labute approximate surface area is 177 Å². The van der Waals surface area contributed by atoms with E-state index < -0.39 is 17.9 Å². The van der Waals surface area contributed by atoms with Crippen molar-refractivity contribution in [2.45, 2.75) is 57.9 Å². The molecule has 1 saturated carbocycles. The van der Waals surface area contributed by atoms with Crippen LogP contribution in [-0.4, -0.2) is 30.3 Å². The third kappa shape index (κ3) is 5.59. The van der Waals surface area contributed by atoms with Gasteiger partial charge in [0.15, 0.2) is 18.2 Å². The van der Waals surface area contributed by atoms with Gasteiger partial charge in [-0.25, -0.2) is 4.79 Å². The van der Waals surface area contributed by atoms with Gasteiger partial charge in [0.2, 0.25) is 0 Å². The van der Waals surface area contributed by atoms with E-state index in [1.807, 2.05) is 12.1 Å². The highest BCUT2D eigenvalue weighted by Gasteiger charge is 2.27. The lowest BCUT2D eigenvalue weighted by Crippen LogP contribution is -2.45. The number of rotatable bonds is 8. The molecule has 1 N–H and O–H groups in total. The normalized spacial score (nSPS) is 15.6. The molecule has 1 aliphatic rings. The molecule has 6 heteroatoms. The maximum absolute atomic E-state index is 12.5. The molecule has 1 aromatic heterocycles. The first-order valence-electron chi connectivity index (χ1n) is 10.6. The molecule has 1 aromatic carbocycles. The van der Waals surface area contributed by atoms with E-state index in [2.05, 4.69) is 5.32 Å². The average molecular weight is 411 g/mol. The third-order valence-electron chi connectivity index (χ3n) is 5.61. The molecule has 30 heavy (non-hydrogen) atoms. The molecule has 1 heterocycles. The second kappa shape index (κ2) is 10.2. The summed E-state index contributed by atoms with van der Waals surface area (Å²) in [6.45, 7) is 3.22. The van der Waals surface area contributed by atoms with Gasteiger partial charge >= 0.3 is 5.97 Å². The number of ether oxygens (including phenoxy) is 1. The molecule has 3 rings (SSSR count). The summed E-state index contributed by atoms with van der Waals surface area (Å²) in [7, 11) is 0. The number of furan rings is 1. The lowest BCUT2D eigenvalue weighted by atomic mass is 9.84. The van der Waals surface area contributed by atoms with E-state index in [4.69, 9.17) is 9.15 Å². The van der Waals surface area contributed by atoms with Gasteiger partial charge in [0, 0.05) is 5.56 Å². The summed E-state index contributed by atoms with van der Waals surface area (Å²) in [5.74, 6) is -0.926. The molecular weight excluding hydrogens is 382 g/mol. The van der Waals surface area contributed by atoms with E-state index in [0.29, 0.717) is 11.5 Å². The molecule has 1 fully saturated rings. The fraction of sp³-hybridized carbons (Fsp3) is 0.458. The Kier molecular flexibility index (Phi) is 7.44. The summed E-state index contributed by atoms with van der Waals surface area (Å²) in [6, 6.07) is 9.85. The summed E-state index contributed by atoms with van der Waals surface area (Å²) >= 11 is 0. The molecule has 1 unspecified atom stereocenters. The van der Waals surface area contributed by atoms with Crippen LogP contribution in [0.15, 0.2) is 47.1 Å². The average Bonchev–Trinajstić information content (AvgIpc) is 3.31. The molecule has 1 amide bonds. The molecule has 0 radical (unpaired) electrons. The predicted molar refractivity (Wildman–Crippen MR) is 112 cm³/mol. The first kappa shape index (κ1) is 21.8. The zero-order valence-corrected chi connectivity index (χ0v) is 17.6. The lowest BCUT2D eigenvalue weighted by Gasteiger charge is -2.22. The summed E-state index contributed by atoms with van der Waals surface area (Å²) in [6.07, 6.45) is 7.60. The first-order chi connectivity index (χ1) is 14.5. The molecule has 0 aliphatic heterocycles. The third-order valence-corrected chi connectivity index (χ3v) is 5.61. The quantitative estimate of drug-likeness (QED) is 0.510. The number of carbonyl (C=O) groups is 3. The Balaban J connectivity index is 1.54. The fourth-order valence-corrected chi connectivity index (χ4v) is 3.80. The molecule has 2 aromatic rings. The van der Waals surface area contributed by atoms with E-state index >= 15 is 0 Å². The summed E-state index contributed by atoms with van der Waals surface area (Å²) in [5.41, 5.74) is 1.78. The van der Waals surface area contributed by atoms with Crippen molar-refractivity contribution in [1.82, 2.24) is 5.32 Å². The zero-order valence-electron chi connectivity index (χ0n) is 17.6. The van der Waals surface area contributed by atoms with Crippen LogP contribution in [0.2, 0.25) is 0 Å². The zero-order chi connectivity index (χ0) is 21.5. The van der Waals surface area contributed by atoms with Crippen molar-refractivity contribution >= 4 is 17.7 Å². The summed E-state index contributed by atoms with van der Waals surface area (Å²) in [5, 5.41) is 2.61. The van der Waals surface area contributed by atoms with Gasteiger partial charge in [-0.2, -0.15) is 0 Å². The second-order valence-corrected chi connectivity index (χ2v) is 8.16. The van der Waals surface area contributed by atoms with Gasteiger partial charge in [-0.3, -0.25) is 9.59 Å². The second-order valence-electron chi connectivity index (χ2n) is 8.16. The minimum Gasteiger partial charge on any atom is -0.459 e. The summed E-state index contributed by atoms with van der Waals surface area (Å²) < 4.78 is 10.3. The number of benzene rings is 1. The number of hydrogen-bond acceptors (Lipinski definition) is 5. The number of esters is 1. The molecular formula is C24H29NO5. The number of ketones is 1. The van der Waals surface area contributed by atoms with Gasteiger partial charge in [0.1, 0.15) is 6.04 Å². The first-order valence-corrected chi connectivity index (χ1v) is 10.6. The highest BCUT2D eigenvalue weighted by molar-refractivity contribution is 5.99. The standard InChI is InChI=1S/C24H29NO5/c1-16(2)22(25-23(27)21-9-6-14-29-21)24(28)30-15-20(26)19-12-10-18(11-13-19)17-7-4-3-5-8-17/h6,9-14,16-17,22H,3-5,7-8,15H2,1-2H3,(H,25,27). The summed E-state index contributed by atoms with van der Waals surface area (Å²) in [4.78, 5) is 37.1. The van der Waals surface area contributed by atoms with E-state index in [9.17, 15) is 14.4 Å². The van der Waals surface area contributed by atoms with Gasteiger partial charge in [-0.15, -0.1) is 0 Å². The smallest absolute Gasteiger partial charge is 0.329 e. The van der Waals surface area contributed by atoms with Gasteiger partial charge in [0.05, 0.1) is 6.26 Å². The minimum atomic E-state index is -0.871. The largest absolute Gasteiger partial charge is 0.459 e.